The van der Waals surface area contributed by atoms with E-state index in [0.29, 0.717) is 19.2 Å². The monoisotopic (exact) mass is 387 g/mol. The van der Waals surface area contributed by atoms with E-state index in [0.717, 1.165) is 0 Å². The molecule has 2 amide bonds. The van der Waals surface area contributed by atoms with Gasteiger partial charge < -0.3 is 15.0 Å². The summed E-state index contributed by atoms with van der Waals surface area (Å²) in [5, 5.41) is 2.53. The third kappa shape index (κ3) is 6.41. The van der Waals surface area contributed by atoms with E-state index in [9.17, 15) is 22.8 Å². The first-order valence-corrected chi connectivity index (χ1v) is 8.73. The molecule has 150 valence electrons. The molecule has 0 saturated heterocycles. The molecule has 0 aromatic rings. The van der Waals surface area contributed by atoms with E-state index in [2.05, 4.69) is 10.3 Å². The van der Waals surface area contributed by atoms with E-state index in [1.54, 1.807) is 20.8 Å². The van der Waals surface area contributed by atoms with Crippen molar-refractivity contribution in [2.45, 2.75) is 57.8 Å². The van der Waals surface area contributed by atoms with Crippen LogP contribution in [0, 0.1) is 0 Å². The number of allylic oxidation sites excluding steroid dienone is 3. The fraction of sp³-hybridized carbons (Fsp3) is 0.611. The van der Waals surface area contributed by atoms with Crippen molar-refractivity contribution in [1.82, 2.24) is 10.2 Å². The zero-order valence-electron chi connectivity index (χ0n) is 15.6. The molecule has 2 aliphatic rings. The van der Waals surface area contributed by atoms with Crippen LogP contribution in [0.25, 0.3) is 0 Å². The standard InChI is InChI=1S/C18H24F3N3O3/c1-18(2,3)27-17(26)23-12(8-16(25)24-5-4-22-10-24)6-11-7-14(20)15(21)9-13(11)19/h9-10,12,14H,4-8H2,1-3H3,(H,23,26)/t12-,14?/m1/s1. The largest absolute Gasteiger partial charge is 0.444 e. The summed E-state index contributed by atoms with van der Waals surface area (Å²) in [4.78, 5) is 29.8. The number of hydrogen-bond acceptors (Lipinski definition) is 4. The molecule has 1 unspecified atom stereocenters. The average Bonchev–Trinajstić information content (AvgIpc) is 3.05. The minimum absolute atomic E-state index is 0.00727. The van der Waals surface area contributed by atoms with E-state index < -0.39 is 42.0 Å². The van der Waals surface area contributed by atoms with E-state index in [1.165, 1.54) is 11.2 Å². The number of aliphatic imine (C=N–C) groups is 1. The predicted octanol–water partition coefficient (Wildman–Crippen LogP) is 3.35. The Labute approximate surface area is 156 Å². The Morgan fingerprint density at radius 3 is 2.70 bits per heavy atom. The Morgan fingerprint density at radius 1 is 1.41 bits per heavy atom. The first-order valence-electron chi connectivity index (χ1n) is 8.73. The number of nitrogens with zero attached hydrogens (tertiary/aromatic N) is 2. The van der Waals surface area contributed by atoms with Crippen molar-refractivity contribution in [1.29, 1.82) is 0 Å². The van der Waals surface area contributed by atoms with Crippen molar-refractivity contribution < 1.29 is 27.5 Å². The number of amides is 2. The predicted molar refractivity (Wildman–Crippen MR) is 94.3 cm³/mol. The molecule has 0 aromatic heterocycles. The number of alkyl carbamates (subject to hydrolysis) is 1. The van der Waals surface area contributed by atoms with Gasteiger partial charge >= 0.3 is 6.09 Å². The van der Waals surface area contributed by atoms with Crippen LogP contribution in [0.4, 0.5) is 18.0 Å². The fourth-order valence-electron chi connectivity index (χ4n) is 2.75. The maximum Gasteiger partial charge on any atom is 0.407 e. The Bertz CT molecular complexity index is 683. The van der Waals surface area contributed by atoms with Gasteiger partial charge in [-0.05, 0) is 32.8 Å². The molecule has 2 rings (SSSR count). The number of nitrogens with one attached hydrogen (secondary N) is 1. The van der Waals surface area contributed by atoms with Crippen LogP contribution in [0.2, 0.25) is 0 Å². The number of carbonyl (C=O) groups is 2. The van der Waals surface area contributed by atoms with Crippen LogP contribution in [0.5, 0.6) is 0 Å². The van der Waals surface area contributed by atoms with Gasteiger partial charge in [-0.3, -0.25) is 9.79 Å². The molecule has 0 fully saturated rings. The molecule has 1 aliphatic heterocycles. The zero-order chi connectivity index (χ0) is 20.2. The number of halogens is 3. The van der Waals surface area contributed by atoms with Gasteiger partial charge in [-0.25, -0.2) is 18.0 Å². The Morgan fingerprint density at radius 2 is 2.11 bits per heavy atom. The minimum Gasteiger partial charge on any atom is -0.444 e. The summed E-state index contributed by atoms with van der Waals surface area (Å²) in [5.74, 6) is -2.36. The lowest BCUT2D eigenvalue weighted by Crippen LogP contribution is -2.42. The van der Waals surface area contributed by atoms with E-state index >= 15 is 0 Å². The highest BCUT2D eigenvalue weighted by Crippen LogP contribution is 2.31. The highest BCUT2D eigenvalue weighted by atomic mass is 19.2. The van der Waals surface area contributed by atoms with Crippen molar-refractivity contribution in [2.75, 3.05) is 13.1 Å². The summed E-state index contributed by atoms with van der Waals surface area (Å²) in [6.45, 7) is 5.95. The van der Waals surface area contributed by atoms with Gasteiger partial charge in [0, 0.05) is 31.5 Å². The van der Waals surface area contributed by atoms with Gasteiger partial charge in [0.2, 0.25) is 5.91 Å². The van der Waals surface area contributed by atoms with Crippen LogP contribution in [-0.4, -0.2) is 54.1 Å². The smallest absolute Gasteiger partial charge is 0.407 e. The first kappa shape index (κ1) is 21.0. The van der Waals surface area contributed by atoms with Gasteiger partial charge in [-0.2, -0.15) is 0 Å². The maximum atomic E-state index is 14.0. The molecule has 0 spiro atoms. The quantitative estimate of drug-likeness (QED) is 0.786. The van der Waals surface area contributed by atoms with Gasteiger partial charge in [0.15, 0.2) is 6.17 Å². The van der Waals surface area contributed by atoms with Crippen molar-refractivity contribution in [3.63, 3.8) is 0 Å². The van der Waals surface area contributed by atoms with E-state index in [-0.39, 0.29) is 24.3 Å². The average molecular weight is 387 g/mol. The molecule has 2 atom stereocenters. The van der Waals surface area contributed by atoms with Crippen molar-refractivity contribution in [3.05, 3.63) is 23.3 Å². The molecular formula is C18H24F3N3O3. The molecular weight excluding hydrogens is 363 g/mol. The lowest BCUT2D eigenvalue weighted by Gasteiger charge is -2.26. The SMILES string of the molecule is CC(C)(C)OC(=O)N[C@@H](CC(=O)N1C=NCC1)CC1=C(F)C=C(F)C(F)C1. The zero-order valence-corrected chi connectivity index (χ0v) is 15.6. The number of ether oxygens (including phenoxy) is 1. The summed E-state index contributed by atoms with van der Waals surface area (Å²) in [6.07, 6.45) is -1.53. The van der Waals surface area contributed by atoms with Gasteiger partial charge in [0.25, 0.3) is 0 Å². The van der Waals surface area contributed by atoms with Crippen LogP contribution in [0.1, 0.15) is 40.0 Å². The molecule has 9 heteroatoms. The summed E-state index contributed by atoms with van der Waals surface area (Å²) < 4.78 is 46.0. The topological polar surface area (TPSA) is 71.0 Å². The highest BCUT2D eigenvalue weighted by Gasteiger charge is 2.29. The first-order chi connectivity index (χ1) is 12.5. The molecule has 27 heavy (non-hydrogen) atoms. The van der Waals surface area contributed by atoms with Gasteiger partial charge in [0.05, 0.1) is 12.9 Å². The second-order valence-corrected chi connectivity index (χ2v) is 7.51. The molecule has 0 bridgehead atoms. The normalized spacial score (nSPS) is 21.2. The molecule has 0 saturated carbocycles. The number of rotatable bonds is 5. The molecule has 1 N–H and O–H groups in total. The lowest BCUT2D eigenvalue weighted by molar-refractivity contribution is -0.127. The molecule has 0 radical (unpaired) electrons. The third-order valence-corrected chi connectivity index (χ3v) is 3.97. The van der Waals surface area contributed by atoms with E-state index in [1.807, 2.05) is 0 Å². The molecule has 1 heterocycles. The highest BCUT2D eigenvalue weighted by molar-refractivity contribution is 5.89. The number of hydrogen-bond donors (Lipinski definition) is 1. The van der Waals surface area contributed by atoms with Crippen molar-refractivity contribution in [2.24, 2.45) is 4.99 Å². The Balaban J connectivity index is 2.11. The lowest BCUT2D eigenvalue weighted by atomic mass is 9.94. The Hall–Kier alpha value is -2.32. The Kier molecular flexibility index (Phi) is 6.67. The van der Waals surface area contributed by atoms with Crippen molar-refractivity contribution >= 4 is 18.3 Å². The third-order valence-electron chi connectivity index (χ3n) is 3.97. The summed E-state index contributed by atoms with van der Waals surface area (Å²) >= 11 is 0. The molecule has 0 aromatic carbocycles. The fourth-order valence-corrected chi connectivity index (χ4v) is 2.75. The summed E-state index contributed by atoms with van der Waals surface area (Å²) in [5.41, 5.74) is -0.751. The van der Waals surface area contributed by atoms with Gasteiger partial charge in [0.1, 0.15) is 17.3 Å². The number of alkyl halides is 1. The van der Waals surface area contributed by atoms with Crippen molar-refractivity contribution in [3.8, 4) is 0 Å². The van der Waals surface area contributed by atoms with Crippen LogP contribution in [0.15, 0.2) is 28.3 Å². The summed E-state index contributed by atoms with van der Waals surface area (Å²) in [7, 11) is 0. The van der Waals surface area contributed by atoms with E-state index in [4.69, 9.17) is 4.74 Å². The van der Waals surface area contributed by atoms with Crippen LogP contribution >= 0.6 is 0 Å². The second-order valence-electron chi connectivity index (χ2n) is 7.51. The molecule has 1 aliphatic carbocycles. The molecule has 6 nitrogen and oxygen atoms in total. The second kappa shape index (κ2) is 8.58. The number of carbonyl (C=O) groups excluding carboxylic acids is 2. The van der Waals surface area contributed by atoms with Crippen LogP contribution in [0.3, 0.4) is 0 Å². The van der Waals surface area contributed by atoms with Crippen LogP contribution in [-0.2, 0) is 9.53 Å². The summed E-state index contributed by atoms with van der Waals surface area (Å²) in [6, 6.07) is -0.830. The van der Waals surface area contributed by atoms with Gasteiger partial charge in [-0.15, -0.1) is 0 Å². The minimum atomic E-state index is -1.93. The van der Waals surface area contributed by atoms with Gasteiger partial charge in [-0.1, -0.05) is 0 Å². The maximum absolute atomic E-state index is 14.0. The van der Waals surface area contributed by atoms with Crippen LogP contribution < -0.4 is 5.32 Å².